The smallest absolute Gasteiger partial charge is 0.310 e. The highest BCUT2D eigenvalue weighted by atomic mass is 19.1. The number of halogens is 1. The zero-order valence-electron chi connectivity index (χ0n) is 7.29. The van der Waals surface area contributed by atoms with Gasteiger partial charge in [-0.1, -0.05) is 6.92 Å². The molecule has 3 nitrogen and oxygen atoms in total. The highest BCUT2D eigenvalue weighted by Gasteiger charge is 2.01. The van der Waals surface area contributed by atoms with Gasteiger partial charge < -0.3 is 4.90 Å². The largest absolute Gasteiger partial charge is 0.360 e. The van der Waals surface area contributed by atoms with E-state index < -0.39 is 6.08 Å². The van der Waals surface area contributed by atoms with E-state index in [2.05, 4.69) is 16.9 Å². The van der Waals surface area contributed by atoms with Gasteiger partial charge in [-0.3, -0.25) is 0 Å². The van der Waals surface area contributed by atoms with Crippen molar-refractivity contribution < 1.29 is 4.39 Å². The lowest BCUT2D eigenvalue weighted by Gasteiger charge is -2.15. The predicted molar refractivity (Wildman–Crippen MR) is 45.6 cm³/mol. The molecule has 0 saturated heterocycles. The molecule has 1 rings (SSSR count). The summed E-state index contributed by atoms with van der Waals surface area (Å²) in [5, 5.41) is 0. The van der Waals surface area contributed by atoms with Crippen molar-refractivity contribution in [1.29, 1.82) is 0 Å². The second kappa shape index (κ2) is 3.99. The lowest BCUT2D eigenvalue weighted by Crippen LogP contribution is -2.19. The molecule has 0 amide bonds. The molecule has 0 aliphatic heterocycles. The fraction of sp³-hybridized carbons (Fsp3) is 0.500. The van der Waals surface area contributed by atoms with Crippen molar-refractivity contribution in [3.63, 3.8) is 0 Å². The van der Waals surface area contributed by atoms with E-state index in [1.165, 1.54) is 6.20 Å². The van der Waals surface area contributed by atoms with Gasteiger partial charge in [0.1, 0.15) is 5.82 Å². The first-order valence-electron chi connectivity index (χ1n) is 3.93. The maximum absolute atomic E-state index is 12.5. The molecule has 0 aliphatic carbocycles. The molecule has 0 aromatic carbocycles. The molecule has 0 saturated carbocycles. The van der Waals surface area contributed by atoms with Gasteiger partial charge in [0.05, 0.1) is 0 Å². The van der Waals surface area contributed by atoms with Crippen molar-refractivity contribution in [2.24, 2.45) is 0 Å². The Labute approximate surface area is 71.3 Å². The fourth-order valence-corrected chi connectivity index (χ4v) is 0.989. The van der Waals surface area contributed by atoms with Crippen LogP contribution in [-0.4, -0.2) is 23.6 Å². The third-order valence-electron chi connectivity index (χ3n) is 1.56. The molecule has 0 unspecified atom stereocenters. The minimum Gasteiger partial charge on any atom is -0.360 e. The summed E-state index contributed by atoms with van der Waals surface area (Å²) in [6.45, 7) is 2.94. The molecule has 0 radical (unpaired) electrons. The van der Waals surface area contributed by atoms with Gasteiger partial charge in [-0.15, -0.1) is 0 Å². The summed E-state index contributed by atoms with van der Waals surface area (Å²) in [6.07, 6.45) is 1.77. The lowest BCUT2D eigenvalue weighted by molar-refractivity contribution is 0.537. The number of hydrogen-bond acceptors (Lipinski definition) is 3. The standard InChI is InChI=1S/C8H12FN3/c1-3-6-12(2)7-4-5-10-8(9)11-7/h4-5H,3,6H2,1-2H3. The third-order valence-corrected chi connectivity index (χ3v) is 1.56. The number of rotatable bonds is 3. The fourth-order valence-electron chi connectivity index (χ4n) is 0.989. The zero-order chi connectivity index (χ0) is 8.97. The van der Waals surface area contributed by atoms with Crippen molar-refractivity contribution >= 4 is 5.82 Å². The summed E-state index contributed by atoms with van der Waals surface area (Å²) in [7, 11) is 1.88. The molecule has 1 heterocycles. The maximum Gasteiger partial charge on any atom is 0.310 e. The second-order valence-corrected chi connectivity index (χ2v) is 2.61. The monoisotopic (exact) mass is 169 g/mol. The summed E-state index contributed by atoms with van der Waals surface area (Å²) in [5.74, 6) is 0.629. The lowest BCUT2D eigenvalue weighted by atomic mass is 10.4. The Bertz CT molecular complexity index is 252. The third kappa shape index (κ3) is 2.15. The van der Waals surface area contributed by atoms with Gasteiger partial charge in [0.2, 0.25) is 0 Å². The van der Waals surface area contributed by atoms with Crippen LogP contribution in [0.3, 0.4) is 0 Å². The van der Waals surface area contributed by atoms with Crippen LogP contribution in [0.2, 0.25) is 0 Å². The molecule has 0 spiro atoms. The molecule has 0 bridgehead atoms. The van der Waals surface area contributed by atoms with E-state index in [0.29, 0.717) is 5.82 Å². The van der Waals surface area contributed by atoms with Crippen LogP contribution < -0.4 is 4.90 Å². The van der Waals surface area contributed by atoms with Crippen molar-refractivity contribution in [3.8, 4) is 0 Å². The first kappa shape index (κ1) is 8.90. The molecule has 0 atom stereocenters. The zero-order valence-corrected chi connectivity index (χ0v) is 7.29. The van der Waals surface area contributed by atoms with E-state index in [9.17, 15) is 4.39 Å². The summed E-state index contributed by atoms with van der Waals surface area (Å²) >= 11 is 0. The van der Waals surface area contributed by atoms with Gasteiger partial charge in [0, 0.05) is 19.8 Å². The normalized spacial score (nSPS) is 9.92. The highest BCUT2D eigenvalue weighted by Crippen LogP contribution is 2.06. The second-order valence-electron chi connectivity index (χ2n) is 2.61. The SMILES string of the molecule is CCCN(C)c1ccnc(F)n1. The van der Waals surface area contributed by atoms with Gasteiger partial charge >= 0.3 is 6.08 Å². The van der Waals surface area contributed by atoms with Crippen molar-refractivity contribution in [3.05, 3.63) is 18.3 Å². The molecule has 0 aliphatic rings. The summed E-state index contributed by atoms with van der Waals surface area (Å²) in [5.41, 5.74) is 0. The number of anilines is 1. The van der Waals surface area contributed by atoms with E-state index >= 15 is 0 Å². The molecule has 4 heteroatoms. The van der Waals surface area contributed by atoms with E-state index in [0.717, 1.165) is 13.0 Å². The molecular formula is C8H12FN3. The van der Waals surface area contributed by atoms with E-state index in [-0.39, 0.29) is 0 Å². The summed E-state index contributed by atoms with van der Waals surface area (Å²) in [6, 6.07) is 1.69. The highest BCUT2D eigenvalue weighted by molar-refractivity contribution is 5.34. The van der Waals surface area contributed by atoms with Gasteiger partial charge in [0.25, 0.3) is 0 Å². The quantitative estimate of drug-likeness (QED) is 0.641. The van der Waals surface area contributed by atoms with Crippen LogP contribution in [0.1, 0.15) is 13.3 Å². The van der Waals surface area contributed by atoms with Crippen LogP contribution in [0.25, 0.3) is 0 Å². The predicted octanol–water partition coefficient (Wildman–Crippen LogP) is 1.46. The molecular weight excluding hydrogens is 157 g/mol. The Kier molecular flexibility index (Phi) is 2.96. The van der Waals surface area contributed by atoms with Gasteiger partial charge in [0.15, 0.2) is 0 Å². The van der Waals surface area contributed by atoms with Crippen LogP contribution in [0.15, 0.2) is 12.3 Å². The average Bonchev–Trinajstić information content (AvgIpc) is 2.05. The molecule has 1 aromatic rings. The van der Waals surface area contributed by atoms with Crippen LogP contribution in [0, 0.1) is 6.08 Å². The van der Waals surface area contributed by atoms with Crippen LogP contribution >= 0.6 is 0 Å². The first-order chi connectivity index (χ1) is 5.74. The number of aromatic nitrogens is 2. The average molecular weight is 169 g/mol. The van der Waals surface area contributed by atoms with Crippen LogP contribution in [0.5, 0.6) is 0 Å². The Morgan fingerprint density at radius 1 is 1.58 bits per heavy atom. The Morgan fingerprint density at radius 2 is 2.33 bits per heavy atom. The Morgan fingerprint density at radius 3 is 2.92 bits per heavy atom. The minimum absolute atomic E-state index is 0.629. The van der Waals surface area contributed by atoms with Gasteiger partial charge in [-0.2, -0.15) is 9.37 Å². The Balaban J connectivity index is 2.73. The number of hydrogen-bond donors (Lipinski definition) is 0. The molecule has 12 heavy (non-hydrogen) atoms. The summed E-state index contributed by atoms with van der Waals surface area (Å²) < 4.78 is 12.5. The van der Waals surface area contributed by atoms with Crippen LogP contribution in [-0.2, 0) is 0 Å². The van der Waals surface area contributed by atoms with E-state index in [4.69, 9.17) is 0 Å². The topological polar surface area (TPSA) is 29.0 Å². The van der Waals surface area contributed by atoms with E-state index in [1.807, 2.05) is 11.9 Å². The van der Waals surface area contributed by atoms with E-state index in [1.54, 1.807) is 6.07 Å². The number of nitrogens with zero attached hydrogens (tertiary/aromatic N) is 3. The minimum atomic E-state index is -0.671. The Hall–Kier alpha value is -1.19. The van der Waals surface area contributed by atoms with Crippen molar-refractivity contribution in [1.82, 2.24) is 9.97 Å². The van der Waals surface area contributed by atoms with Crippen molar-refractivity contribution in [2.45, 2.75) is 13.3 Å². The summed E-state index contributed by atoms with van der Waals surface area (Å²) in [4.78, 5) is 8.91. The van der Waals surface area contributed by atoms with Crippen LogP contribution in [0.4, 0.5) is 10.2 Å². The van der Waals surface area contributed by atoms with Gasteiger partial charge in [-0.05, 0) is 12.5 Å². The molecule has 0 fully saturated rings. The van der Waals surface area contributed by atoms with Gasteiger partial charge in [-0.25, -0.2) is 4.98 Å². The first-order valence-corrected chi connectivity index (χ1v) is 3.93. The maximum atomic E-state index is 12.5. The molecule has 66 valence electrons. The molecule has 1 aromatic heterocycles. The molecule has 0 N–H and O–H groups in total. The van der Waals surface area contributed by atoms with Crippen molar-refractivity contribution in [2.75, 3.05) is 18.5 Å².